The van der Waals surface area contributed by atoms with E-state index in [9.17, 15) is 67.7 Å². The van der Waals surface area contributed by atoms with Gasteiger partial charge >= 0.3 is 59.9 Å². The predicted octanol–water partition coefficient (Wildman–Crippen LogP) is 17.7. The van der Waals surface area contributed by atoms with Gasteiger partial charge in [-0.1, -0.05) is 158 Å². The largest absolute Gasteiger partial charge is 0.481 e. The van der Waals surface area contributed by atoms with E-state index in [1.165, 1.54) is 9.80 Å². The number of allylic oxidation sites excluding steroid dienone is 2. The molecule has 0 aromatic heterocycles. The number of halogens is 1. The summed E-state index contributed by atoms with van der Waals surface area (Å²) >= 11 is 2.99. The summed E-state index contributed by atoms with van der Waals surface area (Å²) in [6.07, 6.45) is 6.82. The Hall–Kier alpha value is -7.96. The van der Waals surface area contributed by atoms with Crippen molar-refractivity contribution in [2.75, 3.05) is 18.5 Å². The van der Waals surface area contributed by atoms with Gasteiger partial charge in [0.2, 0.25) is 11.8 Å². The Kier molecular flexibility index (Phi) is 48.2. The normalized spacial score (nSPS) is 15.8. The van der Waals surface area contributed by atoms with Gasteiger partial charge in [-0.05, 0) is 202 Å². The van der Waals surface area contributed by atoms with Crippen molar-refractivity contribution in [2.45, 2.75) is 290 Å². The molecule has 0 radical (unpaired) electrons. The molecule has 4 rings (SSSR count). The van der Waals surface area contributed by atoms with Gasteiger partial charge in [-0.25, -0.2) is 19.4 Å². The highest BCUT2D eigenvalue weighted by Crippen LogP contribution is 2.31. The summed E-state index contributed by atoms with van der Waals surface area (Å²) < 4.78 is 36.2. The topological polar surface area (TPSA) is 337 Å². The number of benzene rings is 2. The number of ether oxygens (including phenoxy) is 7. The molecular weight excluding hydrogens is 1490 g/mol. The van der Waals surface area contributed by atoms with E-state index >= 15 is 0 Å². The van der Waals surface area contributed by atoms with Gasteiger partial charge in [0.1, 0.15) is 46.5 Å². The molecule has 0 saturated carbocycles. The molecule has 2 unspecified atom stereocenters. The molecule has 25 heteroatoms. The van der Waals surface area contributed by atoms with Crippen molar-refractivity contribution in [1.82, 2.24) is 9.80 Å². The first-order valence-electron chi connectivity index (χ1n) is 38.5. The molecule has 2 aromatic rings. The Labute approximate surface area is 671 Å². The van der Waals surface area contributed by atoms with Crippen LogP contribution in [-0.4, -0.2) is 156 Å². The Morgan fingerprint density at radius 2 is 0.766 bits per heavy atom. The summed E-state index contributed by atoms with van der Waals surface area (Å²) in [5.41, 5.74) is -0.628. The third-order valence-electron chi connectivity index (χ3n) is 15.7. The lowest BCUT2D eigenvalue weighted by atomic mass is 9.83. The summed E-state index contributed by atoms with van der Waals surface area (Å²) in [4.78, 5) is 144. The summed E-state index contributed by atoms with van der Waals surface area (Å²) in [5, 5.41) is 27.9. The highest BCUT2D eigenvalue weighted by molar-refractivity contribution is 9.09. The number of carboxylic acid groups (broad SMARTS) is 3. The highest BCUT2D eigenvalue weighted by Gasteiger charge is 2.43. The first kappa shape index (κ1) is 105. The molecule has 111 heavy (non-hydrogen) atoms. The zero-order valence-electron chi connectivity index (χ0n) is 71.3. The standard InChI is InChI=1S/C22H31NO5.C16H21NO3.2C15H26O4.C12H22O4.C6H11BrO2/c1-15(2)11-17(13-19(24)28-22(3,4)5)20(25)23-18(14-27-21(23)26)12-16-9-7-6-8-10-16;1-12(2)8-9-15(18)17-14(11-20-16(17)19)10-13-6-4-3-5-7-13;2*1-7-8-11(14(18)19-15(4,5)6)12(13(16)17)9-10(2)3;1-8(2)6-9(11(14)15)7-10(13)16-12(3,4)5;1-6(2,3)9-5(8)4-7/h6-10,15,17-18H,11-14H2,1-5H3;3-7,12,14H,8-11H2,1-2H3;2*7,10-12H,1,8-9H2,2-6H3,(H,16,17);8-9H,6-7H2,1-5H3,(H,14,15);4H2,1-3H3/t17-,18?;;11-,12+;11-,12-;9-;/m1.011./s1. The Balaban J connectivity index is 0. The van der Waals surface area contributed by atoms with Gasteiger partial charge < -0.3 is 48.5 Å². The maximum atomic E-state index is 13.2. The van der Waals surface area contributed by atoms with Crippen molar-refractivity contribution in [3.05, 3.63) is 97.1 Å². The average Bonchev–Trinajstić information content (AvgIpc) is 1.72. The predicted molar refractivity (Wildman–Crippen MR) is 432 cm³/mol. The number of carboxylic acids is 3. The lowest BCUT2D eigenvalue weighted by Crippen LogP contribution is -2.44. The van der Waals surface area contributed by atoms with Gasteiger partial charge in [-0.15, -0.1) is 13.2 Å². The first-order chi connectivity index (χ1) is 50.9. The van der Waals surface area contributed by atoms with E-state index in [1.807, 2.05) is 137 Å². The molecule has 2 fully saturated rings. The number of amides is 4. The zero-order valence-corrected chi connectivity index (χ0v) is 72.9. The van der Waals surface area contributed by atoms with Crippen LogP contribution in [0.3, 0.4) is 0 Å². The van der Waals surface area contributed by atoms with Crippen molar-refractivity contribution in [3.8, 4) is 0 Å². The SMILES string of the molecule is C=CC[C@@H](C(=O)OC(C)(C)C)[C@@H](CC(C)C)C(=O)O.C=CC[C@H](C(=O)OC(C)(C)C)[C@@H](CC(C)C)C(=O)O.CC(C)(C)OC(=O)CBr.CC(C)CCC(=O)N1C(=O)OCC1Cc1ccccc1.CC(C)C[C@H](CC(=O)OC(C)(C)C)C(=O)N1C(=O)OCC1Cc1ccccc1.CC(C)C[C@H](CC(=O)OC(C)(C)C)C(=O)O. The Morgan fingerprint density at radius 1 is 0.450 bits per heavy atom. The molecular formula is C86H137BrN2O22. The summed E-state index contributed by atoms with van der Waals surface area (Å²) in [5.74, 6) is -8.07. The fourth-order valence-corrected chi connectivity index (χ4v) is 11.5. The first-order valence-corrected chi connectivity index (χ1v) is 39.6. The van der Waals surface area contributed by atoms with Gasteiger partial charge in [0.25, 0.3) is 0 Å². The smallest absolute Gasteiger partial charge is 0.416 e. The van der Waals surface area contributed by atoms with Crippen LogP contribution < -0.4 is 0 Å². The number of esters is 5. The lowest BCUT2D eigenvalue weighted by molar-refractivity contribution is -0.167. The average molecular weight is 1630 g/mol. The van der Waals surface area contributed by atoms with Crippen LogP contribution in [0.2, 0.25) is 0 Å². The fraction of sp³-hybridized carbons (Fsp3) is 0.674. The number of imide groups is 2. The third kappa shape index (κ3) is 49.2. The van der Waals surface area contributed by atoms with Gasteiger partial charge in [-0.3, -0.25) is 47.9 Å². The van der Waals surface area contributed by atoms with Crippen LogP contribution in [0, 0.1) is 65.1 Å². The maximum absolute atomic E-state index is 13.2. The van der Waals surface area contributed by atoms with Gasteiger partial charge in [0.15, 0.2) is 0 Å². The molecule has 2 aromatic carbocycles. The van der Waals surface area contributed by atoms with Gasteiger partial charge in [0, 0.05) is 12.3 Å². The number of cyclic esters (lactones) is 2. The van der Waals surface area contributed by atoms with E-state index in [1.54, 1.807) is 95.2 Å². The lowest BCUT2D eigenvalue weighted by Gasteiger charge is -2.27. The van der Waals surface area contributed by atoms with Gasteiger partial charge in [-0.2, -0.15) is 0 Å². The quantitative estimate of drug-likeness (QED) is 0.0265. The molecule has 24 nitrogen and oxygen atoms in total. The monoisotopic (exact) mass is 1630 g/mol. The van der Waals surface area contributed by atoms with Crippen LogP contribution in [0.1, 0.15) is 248 Å². The molecule has 0 aliphatic carbocycles. The van der Waals surface area contributed by atoms with E-state index in [2.05, 4.69) is 42.9 Å². The molecule has 0 spiro atoms. The molecule has 8 atom stereocenters. The number of alkyl halides is 1. The van der Waals surface area contributed by atoms with Crippen molar-refractivity contribution in [3.63, 3.8) is 0 Å². The molecule has 2 aliphatic rings. The third-order valence-corrected chi connectivity index (χ3v) is 16.2. The van der Waals surface area contributed by atoms with Gasteiger partial charge in [0.05, 0.1) is 54.5 Å². The number of carbonyl (C=O) groups is 12. The van der Waals surface area contributed by atoms with E-state index in [4.69, 9.17) is 38.3 Å². The molecule has 4 amide bonds. The molecule has 3 N–H and O–H groups in total. The van der Waals surface area contributed by atoms with Crippen molar-refractivity contribution in [2.24, 2.45) is 65.1 Å². The number of hydrogen-bond donors (Lipinski definition) is 3. The van der Waals surface area contributed by atoms with Crippen molar-refractivity contribution < 1.29 is 106 Å². The van der Waals surface area contributed by atoms with E-state index < -0.39 is 112 Å². The van der Waals surface area contributed by atoms with Crippen LogP contribution in [0.5, 0.6) is 0 Å². The molecule has 0 bridgehead atoms. The second-order valence-electron chi connectivity index (χ2n) is 35.0. The Bertz CT molecular complexity index is 3150. The van der Waals surface area contributed by atoms with Crippen LogP contribution in [0.4, 0.5) is 9.59 Å². The second kappa shape index (κ2) is 50.9. The molecule has 2 heterocycles. The zero-order chi connectivity index (χ0) is 86.3. The van der Waals surface area contributed by atoms with E-state index in [0.29, 0.717) is 70.3 Å². The van der Waals surface area contributed by atoms with Crippen LogP contribution in [0.25, 0.3) is 0 Å². The van der Waals surface area contributed by atoms with Crippen molar-refractivity contribution in [1.29, 1.82) is 0 Å². The summed E-state index contributed by atoms with van der Waals surface area (Å²) in [6.45, 7) is 54.2. The number of aliphatic carboxylic acids is 3. The molecule has 2 aliphatic heterocycles. The van der Waals surface area contributed by atoms with Crippen LogP contribution >= 0.6 is 15.9 Å². The Morgan fingerprint density at radius 3 is 1.05 bits per heavy atom. The van der Waals surface area contributed by atoms with E-state index in [0.717, 1.165) is 17.5 Å². The number of carbonyl (C=O) groups excluding carboxylic acids is 9. The second-order valence-corrected chi connectivity index (χ2v) is 35.6. The van der Waals surface area contributed by atoms with Crippen molar-refractivity contribution >= 4 is 87.7 Å². The maximum Gasteiger partial charge on any atom is 0.416 e. The number of hydrogen-bond acceptors (Lipinski definition) is 19. The number of nitrogens with zero attached hydrogens (tertiary/aromatic N) is 2. The molecule has 630 valence electrons. The minimum Gasteiger partial charge on any atom is -0.481 e. The fourth-order valence-electron chi connectivity index (χ4n) is 11.4. The van der Waals surface area contributed by atoms with Crippen LogP contribution in [-0.2, 0) is 93.9 Å². The number of rotatable bonds is 32. The van der Waals surface area contributed by atoms with Crippen LogP contribution in [0.15, 0.2) is 86.0 Å². The minimum atomic E-state index is -0.952. The van der Waals surface area contributed by atoms with E-state index in [-0.39, 0.29) is 83.9 Å². The summed E-state index contributed by atoms with van der Waals surface area (Å²) in [7, 11) is 0. The minimum absolute atomic E-state index is 0.0455. The highest BCUT2D eigenvalue weighted by atomic mass is 79.9. The molecule has 2 saturated heterocycles. The summed E-state index contributed by atoms with van der Waals surface area (Å²) in [6, 6.07) is 19.0.